The molecule has 2 atom stereocenters. The molecule has 0 bridgehead atoms. The minimum atomic E-state index is -0.700. The third kappa shape index (κ3) is 5.01. The number of pyridine rings is 3. The predicted octanol–water partition coefficient (Wildman–Crippen LogP) is 2.70. The number of aromatic nitrogens is 3. The molecule has 0 radical (unpaired) electrons. The molecule has 8 heteroatoms. The molecule has 8 nitrogen and oxygen atoms in total. The van der Waals surface area contributed by atoms with Gasteiger partial charge in [-0.05, 0) is 38.8 Å². The van der Waals surface area contributed by atoms with Gasteiger partial charge in [0.15, 0.2) is 5.43 Å². The maximum absolute atomic E-state index is 12.3. The van der Waals surface area contributed by atoms with Crippen molar-refractivity contribution in [2.75, 3.05) is 13.7 Å². The maximum atomic E-state index is 12.3. The summed E-state index contributed by atoms with van der Waals surface area (Å²) in [6, 6.07) is 8.89. The summed E-state index contributed by atoms with van der Waals surface area (Å²) in [7, 11) is 1.61. The van der Waals surface area contributed by atoms with E-state index in [9.17, 15) is 9.59 Å². The molecule has 3 aromatic rings. The number of primary amides is 1. The summed E-state index contributed by atoms with van der Waals surface area (Å²) in [6.45, 7) is 4.57. The van der Waals surface area contributed by atoms with E-state index in [4.69, 9.17) is 15.2 Å². The number of aromatic amines is 1. The Hall–Kier alpha value is -3.26. The fourth-order valence-corrected chi connectivity index (χ4v) is 3.39. The molecule has 0 saturated carbocycles. The van der Waals surface area contributed by atoms with Gasteiger partial charge in [0.05, 0.1) is 30.7 Å². The Morgan fingerprint density at radius 2 is 2.10 bits per heavy atom. The van der Waals surface area contributed by atoms with Crippen molar-refractivity contribution < 1.29 is 14.3 Å². The molecule has 0 spiro atoms. The number of fused-ring (bicyclic) bond motifs is 1. The van der Waals surface area contributed by atoms with Gasteiger partial charge >= 0.3 is 0 Å². The third-order valence-electron chi connectivity index (χ3n) is 5.01. The number of hydrogen-bond donors (Lipinski definition) is 2. The highest BCUT2D eigenvalue weighted by atomic mass is 16.5. The van der Waals surface area contributed by atoms with Crippen molar-refractivity contribution >= 4 is 16.8 Å². The lowest BCUT2D eigenvalue weighted by atomic mass is 9.95. The van der Waals surface area contributed by atoms with E-state index in [1.54, 1.807) is 13.2 Å². The first-order valence-corrected chi connectivity index (χ1v) is 9.80. The van der Waals surface area contributed by atoms with E-state index >= 15 is 0 Å². The number of ether oxygens (including phenoxy) is 2. The van der Waals surface area contributed by atoms with Crippen molar-refractivity contribution in [2.45, 2.75) is 38.7 Å². The minimum absolute atomic E-state index is 0.00816. The van der Waals surface area contributed by atoms with E-state index in [0.717, 1.165) is 24.2 Å². The van der Waals surface area contributed by atoms with Crippen molar-refractivity contribution in [1.82, 2.24) is 15.0 Å². The van der Waals surface area contributed by atoms with Crippen molar-refractivity contribution in [3.8, 4) is 5.88 Å². The molecule has 3 N–H and O–H groups in total. The van der Waals surface area contributed by atoms with Gasteiger partial charge in [0, 0.05) is 35.6 Å². The Morgan fingerprint density at radius 1 is 1.30 bits per heavy atom. The number of rotatable bonds is 3. The smallest absolute Gasteiger partial charge is 0.268 e. The lowest BCUT2D eigenvalue weighted by molar-refractivity contribution is 0.0147. The molecule has 2 unspecified atom stereocenters. The van der Waals surface area contributed by atoms with Gasteiger partial charge in [-0.3, -0.25) is 14.6 Å². The summed E-state index contributed by atoms with van der Waals surface area (Å²) in [5, 5.41) is 0.249. The number of methoxy groups -OCH3 is 1. The molecule has 0 aromatic carbocycles. The van der Waals surface area contributed by atoms with Crippen molar-refractivity contribution in [2.24, 2.45) is 5.73 Å². The Kier molecular flexibility index (Phi) is 6.79. The number of carbonyl (C=O) groups is 1. The van der Waals surface area contributed by atoms with Crippen LogP contribution in [0.5, 0.6) is 5.88 Å². The van der Waals surface area contributed by atoms with Gasteiger partial charge in [0.25, 0.3) is 5.91 Å². The summed E-state index contributed by atoms with van der Waals surface area (Å²) in [5.41, 5.74) is 7.44. The first-order valence-electron chi connectivity index (χ1n) is 9.80. The molecule has 4 rings (SSSR count). The molecule has 1 saturated heterocycles. The van der Waals surface area contributed by atoms with E-state index in [1.165, 1.54) is 12.3 Å². The Bertz CT molecular complexity index is 1090. The number of amides is 1. The Morgan fingerprint density at radius 3 is 2.70 bits per heavy atom. The number of hydrogen-bond acceptors (Lipinski definition) is 6. The van der Waals surface area contributed by atoms with Gasteiger partial charge in [0.2, 0.25) is 5.88 Å². The van der Waals surface area contributed by atoms with Gasteiger partial charge in [-0.2, -0.15) is 0 Å². The van der Waals surface area contributed by atoms with Gasteiger partial charge in [0.1, 0.15) is 5.69 Å². The number of carbonyl (C=O) groups excluding carboxylic acids is 1. The first kappa shape index (κ1) is 21.4. The number of nitrogens with zero attached hydrogens (tertiary/aromatic N) is 2. The molecule has 1 amide bonds. The lowest BCUT2D eigenvalue weighted by Gasteiger charge is -2.27. The quantitative estimate of drug-likeness (QED) is 0.685. The largest absolute Gasteiger partial charge is 0.481 e. The number of nitrogens with one attached hydrogen (secondary N) is 1. The fraction of sp³-hybridized carbons (Fsp3) is 0.364. The third-order valence-corrected chi connectivity index (χ3v) is 5.01. The maximum Gasteiger partial charge on any atom is 0.268 e. The zero-order chi connectivity index (χ0) is 21.7. The zero-order valence-electron chi connectivity index (χ0n) is 17.3. The van der Waals surface area contributed by atoms with Gasteiger partial charge < -0.3 is 20.2 Å². The molecule has 1 aliphatic heterocycles. The van der Waals surface area contributed by atoms with Crippen LogP contribution >= 0.6 is 0 Å². The van der Waals surface area contributed by atoms with E-state index in [0.29, 0.717) is 18.0 Å². The van der Waals surface area contributed by atoms with Gasteiger partial charge in [-0.15, -0.1) is 0 Å². The van der Waals surface area contributed by atoms with Crippen LogP contribution in [0.1, 0.15) is 47.6 Å². The minimum Gasteiger partial charge on any atom is -0.481 e. The molecule has 158 valence electrons. The van der Waals surface area contributed by atoms with Crippen LogP contribution in [0.3, 0.4) is 0 Å². The molecular weight excluding hydrogens is 384 g/mol. The summed E-state index contributed by atoms with van der Waals surface area (Å²) < 4.78 is 10.5. The van der Waals surface area contributed by atoms with Gasteiger partial charge in [-0.1, -0.05) is 6.07 Å². The average molecular weight is 410 g/mol. The summed E-state index contributed by atoms with van der Waals surface area (Å²) in [6.07, 6.45) is 3.67. The van der Waals surface area contributed by atoms with Crippen LogP contribution in [0.15, 0.2) is 41.3 Å². The second-order valence-electron chi connectivity index (χ2n) is 7.27. The zero-order valence-corrected chi connectivity index (χ0v) is 17.3. The summed E-state index contributed by atoms with van der Waals surface area (Å²) in [5.74, 6) is 0.146. The van der Waals surface area contributed by atoms with Crippen LogP contribution in [0, 0.1) is 6.92 Å². The second kappa shape index (κ2) is 9.49. The topological polar surface area (TPSA) is 120 Å². The van der Waals surface area contributed by atoms with E-state index < -0.39 is 5.91 Å². The van der Waals surface area contributed by atoms with Crippen LogP contribution < -0.4 is 15.9 Å². The second-order valence-corrected chi connectivity index (χ2v) is 7.27. The highest BCUT2D eigenvalue weighted by Gasteiger charge is 2.22. The summed E-state index contributed by atoms with van der Waals surface area (Å²) >= 11 is 0. The number of H-pyrrole nitrogens is 1. The highest BCUT2D eigenvalue weighted by Crippen LogP contribution is 2.27. The van der Waals surface area contributed by atoms with Crippen LogP contribution in [0.4, 0.5) is 0 Å². The molecule has 4 heterocycles. The van der Waals surface area contributed by atoms with Crippen molar-refractivity contribution in [1.29, 1.82) is 0 Å². The lowest BCUT2D eigenvalue weighted by Crippen LogP contribution is -2.24. The Balaban J connectivity index is 0.000000239. The monoisotopic (exact) mass is 410 g/mol. The van der Waals surface area contributed by atoms with E-state index in [1.807, 2.05) is 32.0 Å². The molecule has 3 aromatic heterocycles. The number of aryl methyl sites for hydroxylation is 1. The highest BCUT2D eigenvalue weighted by molar-refractivity contribution is 6.03. The Labute approximate surface area is 174 Å². The standard InChI is InChI=1S/C15H17N3O3.C7H9NO/c1-8-2-3-9(7-21-8)11-6-12(19)13-10(18-11)4-5-17-14(13)15(16)20;1-6-4-3-5-7(8-6)9-2/h4-6,8-9H,2-3,7H2,1H3,(H2,16,20)(H,18,19);3-5H,1-2H3. The van der Waals surface area contributed by atoms with Crippen LogP contribution in [0.25, 0.3) is 10.9 Å². The van der Waals surface area contributed by atoms with Gasteiger partial charge in [-0.25, -0.2) is 4.98 Å². The first-order chi connectivity index (χ1) is 14.4. The molecule has 1 fully saturated rings. The predicted molar refractivity (Wildman–Crippen MR) is 114 cm³/mol. The molecule has 1 aliphatic rings. The van der Waals surface area contributed by atoms with E-state index in [2.05, 4.69) is 15.0 Å². The van der Waals surface area contributed by atoms with Crippen LogP contribution in [0.2, 0.25) is 0 Å². The SMILES string of the molecule is CC1CCC(c2cc(=O)c3c(C(N)=O)nccc3[nH]2)CO1.COc1cccc(C)n1. The van der Waals surface area contributed by atoms with E-state index in [-0.39, 0.29) is 28.5 Å². The average Bonchev–Trinajstić information content (AvgIpc) is 2.74. The fourth-order valence-electron chi connectivity index (χ4n) is 3.39. The van der Waals surface area contributed by atoms with Crippen molar-refractivity contribution in [3.63, 3.8) is 0 Å². The summed E-state index contributed by atoms with van der Waals surface area (Å²) in [4.78, 5) is 34.9. The molecule has 0 aliphatic carbocycles. The van der Waals surface area contributed by atoms with Crippen LogP contribution in [-0.4, -0.2) is 40.7 Å². The normalized spacial score (nSPS) is 18.4. The van der Waals surface area contributed by atoms with Crippen LogP contribution in [-0.2, 0) is 4.74 Å². The number of nitrogens with two attached hydrogens (primary N) is 1. The van der Waals surface area contributed by atoms with Crippen molar-refractivity contribution in [3.05, 3.63) is 63.8 Å². The molecule has 30 heavy (non-hydrogen) atoms. The molecular formula is C22H26N4O4.